The number of nitrogens with zero attached hydrogens (tertiary/aromatic N) is 2. The third-order valence-electron chi connectivity index (χ3n) is 5.25. The summed E-state index contributed by atoms with van der Waals surface area (Å²) in [4.78, 5) is 14.8. The third-order valence-corrected chi connectivity index (χ3v) is 7.13. The zero-order chi connectivity index (χ0) is 17.9. The summed E-state index contributed by atoms with van der Waals surface area (Å²) in [5, 5.41) is 0. The van der Waals surface area contributed by atoms with Gasteiger partial charge in [0.2, 0.25) is 10.0 Å². The molecule has 1 aromatic rings. The SMILES string of the molecule is C[C@@H]1CCCN(S(=O)(=O)c2ccc(C(=O)N3CCCCCC3)cc2)C1. The fourth-order valence-electron chi connectivity index (χ4n) is 3.74. The Hall–Kier alpha value is -1.40. The van der Waals surface area contributed by atoms with Crippen molar-refractivity contribution < 1.29 is 13.2 Å². The Bertz CT molecular complexity index is 692. The van der Waals surface area contributed by atoms with Gasteiger partial charge in [0.15, 0.2) is 0 Å². The number of hydrogen-bond acceptors (Lipinski definition) is 3. The maximum atomic E-state index is 12.8. The van der Waals surface area contributed by atoms with Crippen molar-refractivity contribution in [2.24, 2.45) is 5.92 Å². The molecule has 0 unspecified atom stereocenters. The molecule has 1 amide bonds. The standard InChI is InChI=1S/C19H28N2O3S/c1-16-7-6-14-21(15-16)25(23,24)18-10-8-17(9-11-18)19(22)20-12-4-2-3-5-13-20/h8-11,16H,2-7,12-15H2,1H3/t16-/m1/s1. The number of likely N-dealkylation sites (tertiary alicyclic amines) is 1. The molecule has 0 aliphatic carbocycles. The van der Waals surface area contributed by atoms with E-state index in [-0.39, 0.29) is 10.8 Å². The van der Waals surface area contributed by atoms with Gasteiger partial charge in [0, 0.05) is 31.7 Å². The molecule has 2 aliphatic rings. The van der Waals surface area contributed by atoms with E-state index in [0.29, 0.717) is 24.6 Å². The molecular formula is C19H28N2O3S. The number of rotatable bonds is 3. The minimum absolute atomic E-state index is 0.0115. The van der Waals surface area contributed by atoms with Crippen molar-refractivity contribution in [2.45, 2.75) is 50.3 Å². The van der Waals surface area contributed by atoms with Crippen LogP contribution in [0.4, 0.5) is 0 Å². The van der Waals surface area contributed by atoms with Crippen LogP contribution >= 0.6 is 0 Å². The van der Waals surface area contributed by atoms with Gasteiger partial charge in [-0.3, -0.25) is 4.79 Å². The van der Waals surface area contributed by atoms with E-state index < -0.39 is 10.0 Å². The van der Waals surface area contributed by atoms with Gasteiger partial charge in [0.25, 0.3) is 5.91 Å². The van der Waals surface area contributed by atoms with Crippen LogP contribution in [-0.2, 0) is 10.0 Å². The molecule has 0 bridgehead atoms. The first kappa shape index (κ1) is 18.4. The number of piperidine rings is 1. The van der Waals surface area contributed by atoms with Gasteiger partial charge in [-0.1, -0.05) is 19.8 Å². The van der Waals surface area contributed by atoms with Crippen LogP contribution < -0.4 is 0 Å². The highest BCUT2D eigenvalue weighted by Gasteiger charge is 2.28. The lowest BCUT2D eigenvalue weighted by Crippen LogP contribution is -2.39. The van der Waals surface area contributed by atoms with Crippen LogP contribution in [-0.4, -0.2) is 49.7 Å². The molecule has 6 heteroatoms. The lowest BCUT2D eigenvalue weighted by Gasteiger charge is -2.30. The molecule has 0 spiro atoms. The summed E-state index contributed by atoms with van der Waals surface area (Å²) in [6, 6.07) is 6.49. The van der Waals surface area contributed by atoms with Gasteiger partial charge >= 0.3 is 0 Å². The summed E-state index contributed by atoms with van der Waals surface area (Å²) >= 11 is 0. The quantitative estimate of drug-likeness (QED) is 0.828. The minimum atomic E-state index is -3.46. The largest absolute Gasteiger partial charge is 0.339 e. The predicted molar refractivity (Wildman–Crippen MR) is 98.0 cm³/mol. The number of sulfonamides is 1. The van der Waals surface area contributed by atoms with E-state index in [2.05, 4.69) is 6.92 Å². The summed E-state index contributed by atoms with van der Waals surface area (Å²) < 4.78 is 27.2. The normalized spacial score (nSPS) is 23.2. The highest BCUT2D eigenvalue weighted by atomic mass is 32.2. The van der Waals surface area contributed by atoms with E-state index >= 15 is 0 Å². The number of hydrogen-bond donors (Lipinski definition) is 0. The van der Waals surface area contributed by atoms with Gasteiger partial charge in [0.05, 0.1) is 4.90 Å². The van der Waals surface area contributed by atoms with E-state index in [1.807, 2.05) is 4.90 Å². The van der Waals surface area contributed by atoms with Crippen molar-refractivity contribution in [3.8, 4) is 0 Å². The molecule has 3 rings (SSSR count). The summed E-state index contributed by atoms with van der Waals surface area (Å²) in [7, 11) is -3.46. The van der Waals surface area contributed by atoms with Gasteiger partial charge in [-0.15, -0.1) is 0 Å². The van der Waals surface area contributed by atoms with Gasteiger partial charge in [0.1, 0.15) is 0 Å². The second-order valence-electron chi connectivity index (χ2n) is 7.34. The van der Waals surface area contributed by atoms with Gasteiger partial charge in [-0.25, -0.2) is 8.42 Å². The average Bonchev–Trinajstić information content (AvgIpc) is 2.90. The highest BCUT2D eigenvalue weighted by molar-refractivity contribution is 7.89. The summed E-state index contributed by atoms with van der Waals surface area (Å²) in [6.07, 6.45) is 6.43. The molecule has 25 heavy (non-hydrogen) atoms. The van der Waals surface area contributed by atoms with Crippen molar-refractivity contribution in [1.82, 2.24) is 9.21 Å². The molecule has 2 saturated heterocycles. The average molecular weight is 365 g/mol. The molecule has 0 saturated carbocycles. The maximum Gasteiger partial charge on any atom is 0.253 e. The first-order valence-corrected chi connectivity index (χ1v) is 10.8. The Balaban J connectivity index is 1.74. The Morgan fingerprint density at radius 1 is 0.960 bits per heavy atom. The third kappa shape index (κ3) is 4.23. The summed E-state index contributed by atoms with van der Waals surface area (Å²) in [5.74, 6) is 0.407. The van der Waals surface area contributed by atoms with Crippen LogP contribution in [0, 0.1) is 5.92 Å². The predicted octanol–water partition coefficient (Wildman–Crippen LogP) is 3.12. The van der Waals surface area contributed by atoms with Gasteiger partial charge < -0.3 is 4.90 Å². The number of amides is 1. The first-order chi connectivity index (χ1) is 12.0. The molecule has 2 aliphatic heterocycles. The van der Waals surface area contributed by atoms with E-state index in [0.717, 1.165) is 38.8 Å². The van der Waals surface area contributed by atoms with Crippen LogP contribution in [0.3, 0.4) is 0 Å². The molecule has 1 aromatic carbocycles. The van der Waals surface area contributed by atoms with Crippen molar-refractivity contribution in [3.63, 3.8) is 0 Å². The Labute approximate surface area is 151 Å². The Kier molecular flexibility index (Phi) is 5.79. The van der Waals surface area contributed by atoms with E-state index in [9.17, 15) is 13.2 Å². The first-order valence-electron chi connectivity index (χ1n) is 9.38. The second-order valence-corrected chi connectivity index (χ2v) is 9.28. The number of benzene rings is 1. The van der Waals surface area contributed by atoms with Crippen molar-refractivity contribution in [3.05, 3.63) is 29.8 Å². The van der Waals surface area contributed by atoms with Crippen molar-refractivity contribution in [1.29, 1.82) is 0 Å². The van der Waals surface area contributed by atoms with Crippen molar-refractivity contribution in [2.75, 3.05) is 26.2 Å². The fraction of sp³-hybridized carbons (Fsp3) is 0.632. The molecule has 0 aromatic heterocycles. The van der Waals surface area contributed by atoms with Crippen LogP contribution in [0.25, 0.3) is 0 Å². The Morgan fingerprint density at radius 2 is 1.60 bits per heavy atom. The zero-order valence-electron chi connectivity index (χ0n) is 15.0. The molecule has 138 valence electrons. The monoisotopic (exact) mass is 364 g/mol. The van der Waals surface area contributed by atoms with E-state index in [4.69, 9.17) is 0 Å². The molecule has 2 fully saturated rings. The van der Waals surface area contributed by atoms with E-state index in [1.165, 1.54) is 12.8 Å². The molecule has 0 radical (unpaired) electrons. The number of carbonyl (C=O) groups excluding carboxylic acids is 1. The van der Waals surface area contributed by atoms with E-state index in [1.54, 1.807) is 28.6 Å². The highest BCUT2D eigenvalue weighted by Crippen LogP contribution is 2.24. The lowest BCUT2D eigenvalue weighted by atomic mass is 10.0. The molecule has 5 nitrogen and oxygen atoms in total. The summed E-state index contributed by atoms with van der Waals surface area (Å²) in [6.45, 7) is 4.84. The molecule has 1 atom stereocenters. The molecular weight excluding hydrogens is 336 g/mol. The lowest BCUT2D eigenvalue weighted by molar-refractivity contribution is 0.0761. The molecule has 0 N–H and O–H groups in total. The smallest absolute Gasteiger partial charge is 0.253 e. The topological polar surface area (TPSA) is 57.7 Å². The van der Waals surface area contributed by atoms with Crippen LogP contribution in [0.2, 0.25) is 0 Å². The van der Waals surface area contributed by atoms with Crippen LogP contribution in [0.5, 0.6) is 0 Å². The minimum Gasteiger partial charge on any atom is -0.339 e. The fourth-order valence-corrected chi connectivity index (χ4v) is 5.34. The number of carbonyl (C=O) groups is 1. The second kappa shape index (κ2) is 7.87. The van der Waals surface area contributed by atoms with Gasteiger partial charge in [-0.05, 0) is 55.9 Å². The molecule has 2 heterocycles. The van der Waals surface area contributed by atoms with Crippen LogP contribution in [0.15, 0.2) is 29.2 Å². The Morgan fingerprint density at radius 3 is 2.20 bits per heavy atom. The van der Waals surface area contributed by atoms with Gasteiger partial charge in [-0.2, -0.15) is 4.31 Å². The van der Waals surface area contributed by atoms with Crippen LogP contribution in [0.1, 0.15) is 55.8 Å². The summed E-state index contributed by atoms with van der Waals surface area (Å²) in [5.41, 5.74) is 0.577. The zero-order valence-corrected chi connectivity index (χ0v) is 15.8. The maximum absolute atomic E-state index is 12.8. The van der Waals surface area contributed by atoms with Crippen molar-refractivity contribution >= 4 is 15.9 Å².